The van der Waals surface area contributed by atoms with Gasteiger partial charge in [-0.25, -0.2) is 0 Å². The number of benzene rings is 6. The first-order chi connectivity index (χ1) is 21.1. The minimum atomic E-state index is -0.149. The fourth-order valence-corrected chi connectivity index (χ4v) is 7.51. The van der Waals surface area contributed by atoms with Crippen molar-refractivity contribution < 1.29 is 0 Å². The summed E-state index contributed by atoms with van der Waals surface area (Å²) in [5, 5.41) is 2.55. The molecule has 0 unspecified atom stereocenters. The van der Waals surface area contributed by atoms with Gasteiger partial charge in [0.15, 0.2) is 0 Å². The molecule has 0 bridgehead atoms. The van der Waals surface area contributed by atoms with E-state index >= 15 is 0 Å². The van der Waals surface area contributed by atoms with E-state index in [0.717, 1.165) is 0 Å². The Bertz CT molecular complexity index is 2040. The maximum Gasteiger partial charge on any atom is 0.0495 e. The largest absolute Gasteiger partial charge is 0.335 e. The van der Waals surface area contributed by atoms with Gasteiger partial charge in [0.2, 0.25) is 0 Å². The number of hydrogen-bond acceptors (Lipinski definition) is 1. The number of aryl methyl sites for hydroxylation is 1. The zero-order valence-electron chi connectivity index (χ0n) is 27.0. The number of nitrogens with zero attached hydrogens (tertiary/aromatic N) is 1. The van der Waals surface area contributed by atoms with Gasteiger partial charge >= 0.3 is 0 Å². The van der Waals surface area contributed by atoms with Crippen molar-refractivity contribution in [3.05, 3.63) is 144 Å². The van der Waals surface area contributed by atoms with E-state index in [1.54, 1.807) is 0 Å². The van der Waals surface area contributed by atoms with Gasteiger partial charge in [0.1, 0.15) is 0 Å². The predicted octanol–water partition coefficient (Wildman–Crippen LogP) is 12.0. The summed E-state index contributed by atoms with van der Waals surface area (Å²) in [7, 11) is 0. The lowest BCUT2D eigenvalue weighted by Crippen LogP contribution is -2.38. The van der Waals surface area contributed by atoms with Crippen LogP contribution < -0.4 is 4.90 Å². The maximum absolute atomic E-state index is 2.54. The minimum Gasteiger partial charge on any atom is -0.335 e. The summed E-state index contributed by atoms with van der Waals surface area (Å²) in [6, 6.07) is 44.9. The second kappa shape index (κ2) is 10.2. The van der Waals surface area contributed by atoms with Gasteiger partial charge in [0.05, 0.1) is 0 Å². The van der Waals surface area contributed by atoms with Crippen LogP contribution in [-0.4, -0.2) is 5.54 Å². The lowest BCUT2D eigenvalue weighted by molar-refractivity contribution is 0.560. The van der Waals surface area contributed by atoms with Gasteiger partial charge in [0.25, 0.3) is 0 Å². The lowest BCUT2D eigenvalue weighted by Gasteiger charge is -2.40. The van der Waals surface area contributed by atoms with Crippen LogP contribution in [0, 0.1) is 13.8 Å². The third-order valence-corrected chi connectivity index (χ3v) is 9.66. The first-order valence-corrected chi connectivity index (χ1v) is 15.8. The van der Waals surface area contributed by atoms with Crippen LogP contribution in [-0.2, 0) is 5.41 Å². The van der Waals surface area contributed by atoms with Gasteiger partial charge < -0.3 is 4.90 Å². The molecule has 0 heterocycles. The normalized spacial score (nSPS) is 13.5. The summed E-state index contributed by atoms with van der Waals surface area (Å²) >= 11 is 0. The van der Waals surface area contributed by atoms with Gasteiger partial charge in [-0.2, -0.15) is 0 Å². The van der Waals surface area contributed by atoms with Crippen molar-refractivity contribution in [1.29, 1.82) is 0 Å². The molecular formula is C43H41N. The average Bonchev–Trinajstić information content (AvgIpc) is 3.23. The van der Waals surface area contributed by atoms with E-state index in [-0.39, 0.29) is 11.0 Å². The monoisotopic (exact) mass is 571 g/mol. The number of hydrogen-bond donors (Lipinski definition) is 0. The Labute approximate surface area is 262 Å². The van der Waals surface area contributed by atoms with Crippen LogP contribution in [0.3, 0.4) is 0 Å². The molecule has 1 aliphatic rings. The topological polar surface area (TPSA) is 3.24 Å². The highest BCUT2D eigenvalue weighted by molar-refractivity contribution is 6.06. The van der Waals surface area contributed by atoms with Crippen molar-refractivity contribution >= 4 is 22.1 Å². The van der Waals surface area contributed by atoms with E-state index in [4.69, 9.17) is 0 Å². The highest BCUT2D eigenvalue weighted by Gasteiger charge is 2.36. The van der Waals surface area contributed by atoms with Gasteiger partial charge in [-0.1, -0.05) is 117 Å². The Kier molecular flexibility index (Phi) is 6.55. The zero-order chi connectivity index (χ0) is 30.8. The second-order valence-corrected chi connectivity index (χ2v) is 13.9. The lowest BCUT2D eigenvalue weighted by atomic mass is 9.80. The molecule has 7 rings (SSSR count). The molecule has 6 aromatic rings. The van der Waals surface area contributed by atoms with E-state index in [2.05, 4.69) is 175 Å². The Morgan fingerprint density at radius 3 is 1.91 bits per heavy atom. The molecule has 1 heteroatoms. The molecule has 218 valence electrons. The van der Waals surface area contributed by atoms with Gasteiger partial charge in [-0.3, -0.25) is 0 Å². The van der Waals surface area contributed by atoms with Crippen molar-refractivity contribution in [3.63, 3.8) is 0 Å². The molecule has 0 fully saturated rings. The first kappa shape index (κ1) is 28.2. The number of fused-ring (bicyclic) bond motifs is 4. The third-order valence-electron chi connectivity index (χ3n) is 9.66. The fraction of sp³-hybridized carbons (Fsp3) is 0.209. The Morgan fingerprint density at radius 2 is 1.16 bits per heavy atom. The SMILES string of the molecule is Cc1cc2c(cc1-c1ccc(N(c3cccc(-c4ccccc4)c3C)C(C)(C)C)c3ccccc13)C(C)(C)c1ccccc1-2. The van der Waals surface area contributed by atoms with Gasteiger partial charge in [0, 0.05) is 27.7 Å². The van der Waals surface area contributed by atoms with E-state index in [1.807, 2.05) is 0 Å². The van der Waals surface area contributed by atoms with E-state index in [9.17, 15) is 0 Å². The Balaban J connectivity index is 1.42. The third kappa shape index (κ3) is 4.37. The smallest absolute Gasteiger partial charge is 0.0495 e. The molecule has 0 aliphatic heterocycles. The Hall–Kier alpha value is -4.62. The summed E-state index contributed by atoms with van der Waals surface area (Å²) in [5.74, 6) is 0. The second-order valence-electron chi connectivity index (χ2n) is 13.9. The van der Waals surface area contributed by atoms with E-state index in [0.29, 0.717) is 0 Å². The number of anilines is 2. The van der Waals surface area contributed by atoms with Crippen LogP contribution >= 0.6 is 0 Å². The maximum atomic E-state index is 2.54. The summed E-state index contributed by atoms with van der Waals surface area (Å²) in [6.07, 6.45) is 0. The molecule has 0 aromatic heterocycles. The van der Waals surface area contributed by atoms with Crippen LogP contribution in [0.4, 0.5) is 11.4 Å². The van der Waals surface area contributed by atoms with E-state index in [1.165, 1.54) is 77.8 Å². The van der Waals surface area contributed by atoms with Crippen LogP contribution in [0.15, 0.2) is 121 Å². The highest BCUT2D eigenvalue weighted by Crippen LogP contribution is 2.51. The molecule has 0 amide bonds. The predicted molar refractivity (Wildman–Crippen MR) is 190 cm³/mol. The van der Waals surface area contributed by atoms with E-state index < -0.39 is 0 Å². The summed E-state index contributed by atoms with van der Waals surface area (Å²) in [4.78, 5) is 2.54. The molecule has 44 heavy (non-hydrogen) atoms. The molecule has 0 radical (unpaired) electrons. The molecule has 6 aromatic carbocycles. The molecule has 0 spiro atoms. The molecule has 0 N–H and O–H groups in total. The molecular weight excluding hydrogens is 530 g/mol. The van der Waals surface area contributed by atoms with Crippen molar-refractivity contribution in [2.75, 3.05) is 4.90 Å². The molecule has 0 saturated carbocycles. The van der Waals surface area contributed by atoms with Crippen molar-refractivity contribution in [3.8, 4) is 33.4 Å². The quantitative estimate of drug-likeness (QED) is 0.203. The van der Waals surface area contributed by atoms with Crippen LogP contribution in [0.5, 0.6) is 0 Å². The average molecular weight is 572 g/mol. The first-order valence-electron chi connectivity index (χ1n) is 15.8. The summed E-state index contributed by atoms with van der Waals surface area (Å²) in [5.41, 5.74) is 15.6. The van der Waals surface area contributed by atoms with Crippen molar-refractivity contribution in [1.82, 2.24) is 0 Å². The summed E-state index contributed by atoms with van der Waals surface area (Å²) in [6.45, 7) is 16.2. The molecule has 1 nitrogen and oxygen atoms in total. The molecule has 0 atom stereocenters. The van der Waals surface area contributed by atoms with Crippen LogP contribution in [0.2, 0.25) is 0 Å². The standard InChI is InChI=1S/C43H41N/c1-28-26-37-34-19-13-14-22-38(34)43(6,7)39(37)27-36(28)33-24-25-41(35-20-12-11-18-32(33)35)44(42(3,4)5)40-23-15-21-31(29(40)2)30-16-9-8-10-17-30/h8-27H,1-7H3. The van der Waals surface area contributed by atoms with Gasteiger partial charge in [-0.05, 0) is 114 Å². The zero-order valence-corrected chi connectivity index (χ0v) is 27.0. The highest BCUT2D eigenvalue weighted by atomic mass is 15.2. The fourth-order valence-electron chi connectivity index (χ4n) is 7.51. The minimum absolute atomic E-state index is 0.0333. The van der Waals surface area contributed by atoms with Crippen molar-refractivity contribution in [2.45, 2.75) is 59.4 Å². The summed E-state index contributed by atoms with van der Waals surface area (Å²) < 4.78 is 0. The molecule has 1 aliphatic carbocycles. The Morgan fingerprint density at radius 1 is 0.500 bits per heavy atom. The number of rotatable bonds is 4. The van der Waals surface area contributed by atoms with Crippen LogP contribution in [0.25, 0.3) is 44.2 Å². The molecule has 0 saturated heterocycles. The van der Waals surface area contributed by atoms with Crippen LogP contribution in [0.1, 0.15) is 56.9 Å². The van der Waals surface area contributed by atoms with Gasteiger partial charge in [-0.15, -0.1) is 0 Å². The van der Waals surface area contributed by atoms with Crippen molar-refractivity contribution in [2.24, 2.45) is 0 Å².